The molecular formula is C15H26N2O. The molecule has 0 saturated heterocycles. The summed E-state index contributed by atoms with van der Waals surface area (Å²) < 4.78 is 5.88. The van der Waals surface area contributed by atoms with Gasteiger partial charge >= 0.3 is 0 Å². The summed E-state index contributed by atoms with van der Waals surface area (Å²) in [4.78, 5) is 4.33. The number of unbranched alkanes of at least 4 members (excludes halogenated alkanes) is 3. The maximum Gasteiger partial charge on any atom is 0.127 e. The minimum atomic E-state index is 0.808. The summed E-state index contributed by atoms with van der Waals surface area (Å²) in [5.41, 5.74) is 2.16. The molecule has 1 aromatic rings. The number of nitrogens with zero attached hydrogens (tertiary/aromatic N) is 1. The van der Waals surface area contributed by atoms with Crippen LogP contribution in [0.15, 0.2) is 12.3 Å². The van der Waals surface area contributed by atoms with Crippen molar-refractivity contribution in [2.45, 2.75) is 53.0 Å². The van der Waals surface area contributed by atoms with Gasteiger partial charge in [-0.15, -0.1) is 0 Å². The summed E-state index contributed by atoms with van der Waals surface area (Å²) in [7, 11) is 0. The van der Waals surface area contributed by atoms with Crippen molar-refractivity contribution >= 4 is 0 Å². The van der Waals surface area contributed by atoms with Gasteiger partial charge in [-0.1, -0.05) is 33.1 Å². The first kappa shape index (κ1) is 15.0. The highest BCUT2D eigenvalue weighted by Crippen LogP contribution is 2.19. The van der Waals surface area contributed by atoms with Gasteiger partial charge in [-0.2, -0.15) is 0 Å². The molecule has 0 spiro atoms. The van der Waals surface area contributed by atoms with E-state index < -0.39 is 0 Å². The van der Waals surface area contributed by atoms with E-state index in [1.165, 1.54) is 19.3 Å². The Morgan fingerprint density at radius 2 is 2.06 bits per heavy atom. The number of hydrogen-bond donors (Lipinski definition) is 1. The molecule has 0 radical (unpaired) electrons. The van der Waals surface area contributed by atoms with E-state index in [4.69, 9.17) is 4.74 Å². The van der Waals surface area contributed by atoms with E-state index in [9.17, 15) is 0 Å². The van der Waals surface area contributed by atoms with Gasteiger partial charge in [0.2, 0.25) is 0 Å². The van der Waals surface area contributed by atoms with Gasteiger partial charge in [0.25, 0.3) is 0 Å². The predicted octanol–water partition coefficient (Wildman–Crippen LogP) is 3.46. The average Bonchev–Trinajstić information content (AvgIpc) is 2.37. The molecular weight excluding hydrogens is 224 g/mol. The third kappa shape index (κ3) is 5.50. The number of nitrogens with one attached hydrogen (secondary N) is 1. The van der Waals surface area contributed by atoms with Gasteiger partial charge in [-0.05, 0) is 19.9 Å². The molecule has 0 atom stereocenters. The maximum absolute atomic E-state index is 5.88. The zero-order valence-electron chi connectivity index (χ0n) is 12.0. The topological polar surface area (TPSA) is 34.1 Å². The first-order valence-corrected chi connectivity index (χ1v) is 7.07. The Bertz CT molecular complexity index is 339. The fourth-order valence-electron chi connectivity index (χ4n) is 1.80. The van der Waals surface area contributed by atoms with Crippen LogP contribution < -0.4 is 10.1 Å². The smallest absolute Gasteiger partial charge is 0.127 e. The van der Waals surface area contributed by atoms with Crippen molar-refractivity contribution in [3.63, 3.8) is 0 Å². The van der Waals surface area contributed by atoms with E-state index in [0.717, 1.165) is 43.1 Å². The molecule has 0 bridgehead atoms. The van der Waals surface area contributed by atoms with E-state index in [1.807, 2.05) is 19.2 Å². The number of pyridine rings is 1. The Morgan fingerprint density at radius 1 is 1.22 bits per heavy atom. The lowest BCUT2D eigenvalue weighted by molar-refractivity contribution is 0.301. The minimum absolute atomic E-state index is 0.808. The van der Waals surface area contributed by atoms with Crippen LogP contribution in [0.25, 0.3) is 0 Å². The molecule has 0 aliphatic carbocycles. The molecule has 1 aromatic heterocycles. The van der Waals surface area contributed by atoms with Crippen LogP contribution in [-0.2, 0) is 6.54 Å². The van der Waals surface area contributed by atoms with Gasteiger partial charge in [0.15, 0.2) is 0 Å². The third-order valence-electron chi connectivity index (χ3n) is 2.90. The summed E-state index contributed by atoms with van der Waals surface area (Å²) in [6, 6.07) is 2.03. The quantitative estimate of drug-likeness (QED) is 0.682. The largest absolute Gasteiger partial charge is 0.493 e. The summed E-state index contributed by atoms with van der Waals surface area (Å²) in [5.74, 6) is 0.986. The third-order valence-corrected chi connectivity index (χ3v) is 2.90. The van der Waals surface area contributed by atoms with Crippen molar-refractivity contribution in [2.75, 3.05) is 13.2 Å². The summed E-state index contributed by atoms with van der Waals surface area (Å²) >= 11 is 0. The lowest BCUT2D eigenvalue weighted by atomic mass is 10.2. The SMILES string of the molecule is CCCCCCOc1cc(C)ncc1CNCC. The van der Waals surface area contributed by atoms with Gasteiger partial charge in [-0.25, -0.2) is 0 Å². The Kier molecular flexibility index (Phi) is 7.42. The van der Waals surface area contributed by atoms with E-state index >= 15 is 0 Å². The van der Waals surface area contributed by atoms with Crippen LogP contribution in [0.2, 0.25) is 0 Å². The van der Waals surface area contributed by atoms with Crippen LogP contribution in [0.3, 0.4) is 0 Å². The minimum Gasteiger partial charge on any atom is -0.493 e. The van der Waals surface area contributed by atoms with E-state index in [1.54, 1.807) is 0 Å². The molecule has 0 aliphatic rings. The van der Waals surface area contributed by atoms with Crippen LogP contribution >= 0.6 is 0 Å². The normalized spacial score (nSPS) is 10.6. The molecule has 0 unspecified atom stereocenters. The summed E-state index contributed by atoms with van der Waals surface area (Å²) in [5, 5.41) is 3.32. The molecule has 3 nitrogen and oxygen atoms in total. The van der Waals surface area contributed by atoms with Crippen LogP contribution in [0.4, 0.5) is 0 Å². The zero-order chi connectivity index (χ0) is 13.2. The van der Waals surface area contributed by atoms with Crippen LogP contribution in [0.5, 0.6) is 5.75 Å². The molecule has 0 saturated carbocycles. The first-order valence-electron chi connectivity index (χ1n) is 7.07. The predicted molar refractivity (Wildman–Crippen MR) is 76.0 cm³/mol. The van der Waals surface area contributed by atoms with Crippen LogP contribution in [-0.4, -0.2) is 18.1 Å². The van der Waals surface area contributed by atoms with Gasteiger partial charge in [0.1, 0.15) is 5.75 Å². The molecule has 18 heavy (non-hydrogen) atoms. The van der Waals surface area contributed by atoms with Crippen molar-refractivity contribution in [3.8, 4) is 5.75 Å². The molecule has 1 heterocycles. The van der Waals surface area contributed by atoms with Gasteiger partial charge < -0.3 is 10.1 Å². The van der Waals surface area contributed by atoms with Gasteiger partial charge in [0.05, 0.1) is 6.61 Å². The molecule has 102 valence electrons. The number of aryl methyl sites for hydroxylation is 1. The van der Waals surface area contributed by atoms with Crippen molar-refractivity contribution < 1.29 is 4.74 Å². The molecule has 0 amide bonds. The Hall–Kier alpha value is -1.09. The van der Waals surface area contributed by atoms with Crippen LogP contribution in [0.1, 0.15) is 50.8 Å². The van der Waals surface area contributed by atoms with Gasteiger partial charge in [0, 0.05) is 30.1 Å². The molecule has 0 aliphatic heterocycles. The molecule has 0 fully saturated rings. The first-order chi connectivity index (χ1) is 8.77. The lowest BCUT2D eigenvalue weighted by Gasteiger charge is -2.12. The van der Waals surface area contributed by atoms with E-state index in [-0.39, 0.29) is 0 Å². The number of ether oxygens (including phenoxy) is 1. The molecule has 0 aromatic carbocycles. The maximum atomic E-state index is 5.88. The second-order valence-electron chi connectivity index (χ2n) is 4.62. The Labute approximate surface area is 111 Å². The molecule has 3 heteroatoms. The Morgan fingerprint density at radius 3 is 2.78 bits per heavy atom. The summed E-state index contributed by atoms with van der Waals surface area (Å²) in [6.07, 6.45) is 6.86. The van der Waals surface area contributed by atoms with Crippen molar-refractivity contribution in [2.24, 2.45) is 0 Å². The second-order valence-corrected chi connectivity index (χ2v) is 4.62. The highest BCUT2D eigenvalue weighted by atomic mass is 16.5. The van der Waals surface area contributed by atoms with E-state index in [2.05, 4.69) is 24.1 Å². The number of aromatic nitrogens is 1. The highest BCUT2D eigenvalue weighted by molar-refractivity contribution is 5.32. The number of hydrogen-bond acceptors (Lipinski definition) is 3. The van der Waals surface area contributed by atoms with Gasteiger partial charge in [-0.3, -0.25) is 4.98 Å². The van der Waals surface area contributed by atoms with Crippen molar-refractivity contribution in [1.82, 2.24) is 10.3 Å². The fourth-order valence-corrected chi connectivity index (χ4v) is 1.80. The van der Waals surface area contributed by atoms with Crippen molar-refractivity contribution in [3.05, 3.63) is 23.5 Å². The zero-order valence-corrected chi connectivity index (χ0v) is 12.0. The van der Waals surface area contributed by atoms with Crippen LogP contribution in [0, 0.1) is 6.92 Å². The average molecular weight is 250 g/mol. The Balaban J connectivity index is 2.47. The van der Waals surface area contributed by atoms with Crippen molar-refractivity contribution in [1.29, 1.82) is 0 Å². The number of rotatable bonds is 9. The fraction of sp³-hybridized carbons (Fsp3) is 0.667. The molecule has 1 N–H and O–H groups in total. The monoisotopic (exact) mass is 250 g/mol. The second kappa shape index (κ2) is 8.92. The summed E-state index contributed by atoms with van der Waals surface area (Å²) in [6.45, 7) is 8.93. The standard InChI is InChI=1S/C15H26N2O/c1-4-6-7-8-9-18-15-10-13(3)17-12-14(15)11-16-5-2/h10,12,16H,4-9,11H2,1-3H3. The molecule has 1 rings (SSSR count). The van der Waals surface area contributed by atoms with E-state index in [0.29, 0.717) is 0 Å². The highest BCUT2D eigenvalue weighted by Gasteiger charge is 2.04. The lowest BCUT2D eigenvalue weighted by Crippen LogP contribution is -2.13.